The minimum Gasteiger partial charge on any atom is -0.406 e. The number of β-amino-alcohol motifs (C(OH)–C–C–N with tert-alkyl or cyclic N) is 1. The van der Waals surface area contributed by atoms with Crippen molar-refractivity contribution in [2.75, 3.05) is 46.4 Å². The molecule has 0 aliphatic carbocycles. The number of halogens is 3. The van der Waals surface area contributed by atoms with Gasteiger partial charge in [-0.05, 0) is 24.1 Å². The number of piperidine rings is 1. The van der Waals surface area contributed by atoms with E-state index in [1.165, 1.54) is 12.1 Å². The molecule has 2 saturated heterocycles. The van der Waals surface area contributed by atoms with Crippen molar-refractivity contribution in [1.29, 1.82) is 0 Å². The highest BCUT2D eigenvalue weighted by atomic mass is 19.4. The van der Waals surface area contributed by atoms with Crippen LogP contribution in [0.25, 0.3) is 0 Å². The zero-order valence-corrected chi connectivity index (χ0v) is 18.3. The molecule has 11 heteroatoms. The molecule has 3 aliphatic heterocycles. The number of hydrogen-bond donors (Lipinski definition) is 1. The summed E-state index contributed by atoms with van der Waals surface area (Å²) in [5, 5.41) is 9.58. The van der Waals surface area contributed by atoms with Crippen LogP contribution in [0.1, 0.15) is 24.3 Å². The fourth-order valence-electron chi connectivity index (χ4n) is 4.45. The standard InChI is InChI=1S/C22H27F3N4O4/c1-32-7-6-20-26-9-19(27-20)16-8-15(10-28(11-16)21(31)29-12-17(30)13-29)14-2-4-18(5-3-14)33-22(23,24)25/h2-5,15-17,30H,6-13H2,1H3. The summed E-state index contributed by atoms with van der Waals surface area (Å²) in [6.45, 7) is 2.53. The number of aliphatic hydroxyl groups excluding tert-OH is 1. The molecule has 8 nitrogen and oxygen atoms in total. The van der Waals surface area contributed by atoms with Gasteiger partial charge in [-0.25, -0.2) is 9.79 Å². The summed E-state index contributed by atoms with van der Waals surface area (Å²) in [5.41, 5.74) is 1.74. The Labute approximate surface area is 189 Å². The molecule has 0 radical (unpaired) electrons. The topological polar surface area (TPSA) is 87.0 Å². The molecule has 0 spiro atoms. The third kappa shape index (κ3) is 5.83. The van der Waals surface area contributed by atoms with Crippen molar-refractivity contribution in [3.05, 3.63) is 29.8 Å². The van der Waals surface area contributed by atoms with Crippen LogP contribution in [0.3, 0.4) is 0 Å². The van der Waals surface area contributed by atoms with Crippen LogP contribution < -0.4 is 4.74 Å². The van der Waals surface area contributed by atoms with Gasteiger partial charge >= 0.3 is 12.4 Å². The molecule has 2 unspecified atom stereocenters. The molecule has 2 fully saturated rings. The average molecular weight is 468 g/mol. The van der Waals surface area contributed by atoms with Crippen molar-refractivity contribution >= 4 is 17.6 Å². The van der Waals surface area contributed by atoms with Gasteiger partial charge < -0.3 is 24.4 Å². The van der Waals surface area contributed by atoms with E-state index in [1.807, 2.05) is 0 Å². The first-order valence-corrected chi connectivity index (χ1v) is 10.9. The Morgan fingerprint density at radius 3 is 2.42 bits per heavy atom. The van der Waals surface area contributed by atoms with Crippen LogP contribution in [0, 0.1) is 5.92 Å². The average Bonchev–Trinajstić information content (AvgIpc) is 3.23. The highest BCUT2D eigenvalue weighted by molar-refractivity contribution is 6.05. The number of benzene rings is 1. The van der Waals surface area contributed by atoms with E-state index in [4.69, 9.17) is 4.74 Å². The second-order valence-corrected chi connectivity index (χ2v) is 8.57. The number of nitrogens with zero attached hydrogens (tertiary/aromatic N) is 4. The van der Waals surface area contributed by atoms with Crippen LogP contribution in [0.15, 0.2) is 34.3 Å². The van der Waals surface area contributed by atoms with Gasteiger partial charge in [0.05, 0.1) is 32.3 Å². The zero-order chi connectivity index (χ0) is 23.6. The lowest BCUT2D eigenvalue weighted by Crippen LogP contribution is -2.59. The molecule has 1 aromatic carbocycles. The smallest absolute Gasteiger partial charge is 0.406 e. The minimum atomic E-state index is -4.75. The van der Waals surface area contributed by atoms with E-state index in [0.29, 0.717) is 52.2 Å². The number of alkyl halides is 3. The first kappa shape index (κ1) is 23.5. The Morgan fingerprint density at radius 1 is 1.12 bits per heavy atom. The number of hydrogen-bond acceptors (Lipinski definition) is 6. The number of methoxy groups -OCH3 is 1. The van der Waals surface area contributed by atoms with Crippen molar-refractivity contribution < 1.29 is 32.5 Å². The van der Waals surface area contributed by atoms with E-state index in [2.05, 4.69) is 14.7 Å². The van der Waals surface area contributed by atoms with Gasteiger partial charge in [-0.2, -0.15) is 0 Å². The summed E-state index contributed by atoms with van der Waals surface area (Å²) in [6.07, 6.45) is -3.92. The number of urea groups is 1. The van der Waals surface area contributed by atoms with E-state index in [1.54, 1.807) is 29.0 Å². The molecule has 3 aliphatic rings. The summed E-state index contributed by atoms with van der Waals surface area (Å²) in [6, 6.07) is 5.67. The fraction of sp³-hybridized carbons (Fsp3) is 0.591. The molecule has 0 saturated carbocycles. The molecule has 0 aromatic heterocycles. The Kier molecular flexibility index (Phi) is 6.89. The lowest BCUT2D eigenvalue weighted by molar-refractivity contribution is -0.274. The molecule has 180 valence electrons. The van der Waals surface area contributed by atoms with Gasteiger partial charge in [0.1, 0.15) is 11.6 Å². The maximum Gasteiger partial charge on any atom is 0.573 e. The molecule has 0 bridgehead atoms. The number of rotatable bonds is 6. The predicted molar refractivity (Wildman–Crippen MR) is 115 cm³/mol. The van der Waals surface area contributed by atoms with Crippen LogP contribution in [0.2, 0.25) is 0 Å². The molecule has 4 rings (SSSR count). The van der Waals surface area contributed by atoms with Crippen LogP contribution in [0.4, 0.5) is 18.0 Å². The maximum atomic E-state index is 13.0. The van der Waals surface area contributed by atoms with Crippen molar-refractivity contribution in [3.8, 4) is 5.75 Å². The highest BCUT2D eigenvalue weighted by Gasteiger charge is 2.39. The first-order chi connectivity index (χ1) is 15.7. The SMILES string of the molecule is COCCC1=NCC(C2CC(c3ccc(OC(F)(F)F)cc3)CN(C(=O)N3CC(O)C3)C2)=N1. The van der Waals surface area contributed by atoms with Crippen molar-refractivity contribution in [2.24, 2.45) is 15.9 Å². The van der Waals surface area contributed by atoms with Gasteiger partial charge in [0.25, 0.3) is 0 Å². The summed E-state index contributed by atoms with van der Waals surface area (Å²) < 4.78 is 46.5. The third-order valence-electron chi connectivity index (χ3n) is 6.14. The largest absolute Gasteiger partial charge is 0.573 e. The molecule has 2 amide bonds. The van der Waals surface area contributed by atoms with Crippen LogP contribution in [-0.2, 0) is 4.74 Å². The third-order valence-corrected chi connectivity index (χ3v) is 6.14. The van der Waals surface area contributed by atoms with Gasteiger partial charge in [-0.3, -0.25) is 4.99 Å². The Hall–Kier alpha value is -2.66. The van der Waals surface area contributed by atoms with Crippen LogP contribution >= 0.6 is 0 Å². The number of amides is 2. The van der Waals surface area contributed by atoms with Gasteiger partial charge in [0.15, 0.2) is 0 Å². The van der Waals surface area contributed by atoms with E-state index < -0.39 is 12.5 Å². The van der Waals surface area contributed by atoms with Crippen molar-refractivity contribution in [2.45, 2.75) is 31.2 Å². The summed E-state index contributed by atoms with van der Waals surface area (Å²) in [7, 11) is 1.62. The lowest BCUT2D eigenvalue weighted by Gasteiger charge is -2.44. The number of aliphatic imine (C=N–C) groups is 2. The minimum absolute atomic E-state index is 0.0196. The molecular weight excluding hydrogens is 441 g/mol. The zero-order valence-electron chi connectivity index (χ0n) is 18.3. The number of ether oxygens (including phenoxy) is 2. The molecule has 3 heterocycles. The number of aliphatic hydroxyl groups is 1. The Balaban J connectivity index is 1.50. The van der Waals surface area contributed by atoms with Gasteiger partial charge in [-0.15, -0.1) is 13.2 Å². The summed E-state index contributed by atoms with van der Waals surface area (Å²) >= 11 is 0. The summed E-state index contributed by atoms with van der Waals surface area (Å²) in [5.74, 6) is 0.349. The van der Waals surface area contributed by atoms with Crippen molar-refractivity contribution in [1.82, 2.24) is 9.80 Å². The number of amidine groups is 1. The van der Waals surface area contributed by atoms with E-state index in [0.717, 1.165) is 17.1 Å². The number of likely N-dealkylation sites (tertiary alicyclic amines) is 2. The Bertz CT molecular complexity index is 913. The van der Waals surface area contributed by atoms with E-state index >= 15 is 0 Å². The van der Waals surface area contributed by atoms with E-state index in [-0.39, 0.29) is 23.6 Å². The molecule has 2 atom stereocenters. The Morgan fingerprint density at radius 2 is 1.79 bits per heavy atom. The van der Waals surface area contributed by atoms with Crippen LogP contribution in [0.5, 0.6) is 5.75 Å². The summed E-state index contributed by atoms with van der Waals surface area (Å²) in [4.78, 5) is 25.5. The van der Waals surface area contributed by atoms with Gasteiger partial charge in [-0.1, -0.05) is 12.1 Å². The predicted octanol–water partition coefficient (Wildman–Crippen LogP) is 2.68. The molecular formula is C22H27F3N4O4. The number of carbonyl (C=O) groups excluding carboxylic acids is 1. The molecule has 1 N–H and O–H groups in total. The van der Waals surface area contributed by atoms with Crippen molar-refractivity contribution in [3.63, 3.8) is 0 Å². The second-order valence-electron chi connectivity index (χ2n) is 8.57. The number of carbonyl (C=O) groups is 1. The van der Waals surface area contributed by atoms with Gasteiger partial charge in [0.2, 0.25) is 0 Å². The molecule has 33 heavy (non-hydrogen) atoms. The monoisotopic (exact) mass is 468 g/mol. The maximum absolute atomic E-state index is 13.0. The first-order valence-electron chi connectivity index (χ1n) is 10.9. The molecule has 1 aromatic rings. The van der Waals surface area contributed by atoms with Crippen LogP contribution in [-0.4, -0.2) is 91.4 Å². The second kappa shape index (κ2) is 9.68. The fourth-order valence-corrected chi connectivity index (χ4v) is 4.45. The van der Waals surface area contributed by atoms with Gasteiger partial charge in [0, 0.05) is 44.2 Å². The normalized spacial score (nSPS) is 23.8. The highest BCUT2D eigenvalue weighted by Crippen LogP contribution is 2.34. The quantitative estimate of drug-likeness (QED) is 0.696. The lowest BCUT2D eigenvalue weighted by atomic mass is 9.82. The van der Waals surface area contributed by atoms with E-state index in [9.17, 15) is 23.1 Å².